The van der Waals surface area contributed by atoms with E-state index in [0.29, 0.717) is 25.1 Å². The van der Waals surface area contributed by atoms with Crippen LogP contribution in [0, 0.1) is 0 Å². The number of rotatable bonds is 4. The molecule has 7 heteroatoms. The minimum Gasteiger partial charge on any atom is -0.378 e. The van der Waals surface area contributed by atoms with Crippen LogP contribution in [-0.4, -0.2) is 67.8 Å². The van der Waals surface area contributed by atoms with Crippen molar-refractivity contribution < 1.29 is 14.3 Å². The van der Waals surface area contributed by atoms with E-state index in [1.54, 1.807) is 19.0 Å². The van der Waals surface area contributed by atoms with Crippen LogP contribution in [0.5, 0.6) is 0 Å². The molecule has 0 saturated carbocycles. The Hall–Kier alpha value is -2.41. The summed E-state index contributed by atoms with van der Waals surface area (Å²) in [5, 5.41) is 5.34. The second-order valence-electron chi connectivity index (χ2n) is 6.39. The van der Waals surface area contributed by atoms with Gasteiger partial charge in [0.2, 0.25) is 5.91 Å². The minimum absolute atomic E-state index is 0.0575. The van der Waals surface area contributed by atoms with Gasteiger partial charge in [0, 0.05) is 52.3 Å². The maximum atomic E-state index is 12.5. The molecule has 25 heavy (non-hydrogen) atoms. The molecule has 1 aromatic carbocycles. The van der Waals surface area contributed by atoms with E-state index in [9.17, 15) is 9.59 Å². The summed E-state index contributed by atoms with van der Waals surface area (Å²) >= 11 is 0. The number of hydrogen-bond donors (Lipinski definition) is 0. The lowest BCUT2D eigenvalue weighted by atomic mass is 10.1. The summed E-state index contributed by atoms with van der Waals surface area (Å²) in [5.41, 5.74) is 2.68. The number of benzene rings is 1. The first-order chi connectivity index (χ1) is 12.0. The summed E-state index contributed by atoms with van der Waals surface area (Å²) in [7, 11) is 3.34. The molecular formula is C18H24N4O3. The Balaban J connectivity index is 1.60. The second-order valence-corrected chi connectivity index (χ2v) is 6.39. The van der Waals surface area contributed by atoms with Crippen LogP contribution in [0.1, 0.15) is 18.4 Å². The van der Waals surface area contributed by atoms with E-state index in [-0.39, 0.29) is 11.8 Å². The van der Waals surface area contributed by atoms with Crippen molar-refractivity contribution in [3.63, 3.8) is 0 Å². The molecule has 134 valence electrons. The number of carbonyl (C=O) groups is 2. The Kier molecular flexibility index (Phi) is 5.33. The lowest BCUT2D eigenvalue weighted by Crippen LogP contribution is -2.38. The van der Waals surface area contributed by atoms with Gasteiger partial charge in [-0.2, -0.15) is 5.10 Å². The standard InChI is InChI=1S/C18H24N4O3/c1-20(18(24)16-7-8-17(23)21(2)19-16)13-14-3-5-15(6-4-14)22-9-11-25-12-10-22/h3-6H,7-13H2,1-2H3. The molecular weight excluding hydrogens is 320 g/mol. The van der Waals surface area contributed by atoms with Crippen LogP contribution in [0.3, 0.4) is 0 Å². The lowest BCUT2D eigenvalue weighted by molar-refractivity contribution is -0.130. The van der Waals surface area contributed by atoms with E-state index in [2.05, 4.69) is 22.1 Å². The third kappa shape index (κ3) is 4.17. The highest BCUT2D eigenvalue weighted by atomic mass is 16.5. The molecule has 7 nitrogen and oxygen atoms in total. The fourth-order valence-electron chi connectivity index (χ4n) is 3.02. The topological polar surface area (TPSA) is 65.5 Å². The smallest absolute Gasteiger partial charge is 0.270 e. The highest BCUT2D eigenvalue weighted by Gasteiger charge is 2.24. The van der Waals surface area contributed by atoms with E-state index in [1.807, 2.05) is 12.1 Å². The van der Waals surface area contributed by atoms with Gasteiger partial charge in [-0.15, -0.1) is 0 Å². The van der Waals surface area contributed by atoms with Crippen LogP contribution < -0.4 is 4.90 Å². The van der Waals surface area contributed by atoms with Gasteiger partial charge in [-0.25, -0.2) is 5.01 Å². The molecule has 0 spiro atoms. The average molecular weight is 344 g/mol. The van der Waals surface area contributed by atoms with Crippen LogP contribution in [0.25, 0.3) is 0 Å². The zero-order valence-corrected chi connectivity index (χ0v) is 14.8. The number of morpholine rings is 1. The van der Waals surface area contributed by atoms with Crippen molar-refractivity contribution in [3.8, 4) is 0 Å². The predicted molar refractivity (Wildman–Crippen MR) is 95.4 cm³/mol. The molecule has 1 saturated heterocycles. The quantitative estimate of drug-likeness (QED) is 0.820. The Morgan fingerprint density at radius 3 is 2.52 bits per heavy atom. The number of ether oxygens (including phenoxy) is 1. The number of anilines is 1. The van der Waals surface area contributed by atoms with E-state index >= 15 is 0 Å². The van der Waals surface area contributed by atoms with E-state index in [1.165, 1.54) is 10.7 Å². The maximum absolute atomic E-state index is 12.5. The number of carbonyl (C=O) groups excluding carboxylic acids is 2. The van der Waals surface area contributed by atoms with Crippen molar-refractivity contribution in [1.29, 1.82) is 0 Å². The zero-order valence-electron chi connectivity index (χ0n) is 14.8. The highest BCUT2D eigenvalue weighted by molar-refractivity contribution is 6.39. The number of amides is 2. The van der Waals surface area contributed by atoms with Gasteiger partial charge >= 0.3 is 0 Å². The first kappa shape index (κ1) is 17.4. The van der Waals surface area contributed by atoms with Crippen LogP contribution in [0.4, 0.5) is 5.69 Å². The third-order valence-corrected chi connectivity index (χ3v) is 4.53. The summed E-state index contributed by atoms with van der Waals surface area (Å²) < 4.78 is 5.37. The molecule has 1 aromatic rings. The van der Waals surface area contributed by atoms with Crippen molar-refractivity contribution in [3.05, 3.63) is 29.8 Å². The van der Waals surface area contributed by atoms with Crippen molar-refractivity contribution in [2.24, 2.45) is 5.10 Å². The van der Waals surface area contributed by atoms with Gasteiger partial charge < -0.3 is 14.5 Å². The molecule has 3 rings (SSSR count). The van der Waals surface area contributed by atoms with E-state index < -0.39 is 0 Å². The monoisotopic (exact) mass is 344 g/mol. The van der Waals surface area contributed by atoms with Gasteiger partial charge in [0.05, 0.1) is 13.2 Å². The van der Waals surface area contributed by atoms with Gasteiger partial charge in [-0.05, 0) is 17.7 Å². The molecule has 2 heterocycles. The minimum atomic E-state index is -0.128. The number of hydrogen-bond acceptors (Lipinski definition) is 5. The molecule has 0 aromatic heterocycles. The molecule has 2 aliphatic heterocycles. The lowest BCUT2D eigenvalue weighted by Gasteiger charge is -2.29. The van der Waals surface area contributed by atoms with Crippen LogP contribution >= 0.6 is 0 Å². The molecule has 0 aliphatic carbocycles. The van der Waals surface area contributed by atoms with Crippen LogP contribution in [0.2, 0.25) is 0 Å². The Morgan fingerprint density at radius 1 is 1.20 bits per heavy atom. The van der Waals surface area contributed by atoms with Gasteiger partial charge in [0.25, 0.3) is 5.91 Å². The van der Waals surface area contributed by atoms with Gasteiger partial charge in [-0.3, -0.25) is 9.59 Å². The number of nitrogens with zero attached hydrogens (tertiary/aromatic N) is 4. The largest absolute Gasteiger partial charge is 0.378 e. The fraction of sp³-hybridized carbons (Fsp3) is 0.500. The molecule has 0 radical (unpaired) electrons. The molecule has 0 atom stereocenters. The Labute approximate surface area is 147 Å². The van der Waals surface area contributed by atoms with Crippen LogP contribution in [-0.2, 0) is 20.9 Å². The zero-order chi connectivity index (χ0) is 17.8. The van der Waals surface area contributed by atoms with E-state index in [0.717, 1.165) is 31.9 Å². The molecule has 0 N–H and O–H groups in total. The fourth-order valence-corrected chi connectivity index (χ4v) is 3.02. The molecule has 0 unspecified atom stereocenters. The second kappa shape index (κ2) is 7.65. The summed E-state index contributed by atoms with van der Waals surface area (Å²) in [6.07, 6.45) is 0.742. The third-order valence-electron chi connectivity index (χ3n) is 4.53. The normalized spacial score (nSPS) is 18.2. The van der Waals surface area contributed by atoms with Gasteiger partial charge in [0.1, 0.15) is 5.71 Å². The van der Waals surface area contributed by atoms with Crippen molar-refractivity contribution in [1.82, 2.24) is 9.91 Å². The molecule has 2 amide bonds. The average Bonchev–Trinajstić information content (AvgIpc) is 2.64. The van der Waals surface area contributed by atoms with Crippen LogP contribution in [0.15, 0.2) is 29.4 Å². The summed E-state index contributed by atoms with van der Waals surface area (Å²) in [6, 6.07) is 8.27. The molecule has 1 fully saturated rings. The molecule has 2 aliphatic rings. The highest BCUT2D eigenvalue weighted by Crippen LogP contribution is 2.18. The van der Waals surface area contributed by atoms with Crippen molar-refractivity contribution in [2.75, 3.05) is 45.3 Å². The summed E-state index contributed by atoms with van der Waals surface area (Å²) in [5.74, 6) is -0.186. The first-order valence-corrected chi connectivity index (χ1v) is 8.56. The van der Waals surface area contributed by atoms with Crippen molar-refractivity contribution >= 4 is 23.2 Å². The summed E-state index contributed by atoms with van der Waals surface area (Å²) in [4.78, 5) is 27.9. The van der Waals surface area contributed by atoms with Gasteiger partial charge in [-0.1, -0.05) is 12.1 Å². The SMILES string of the molecule is CN(Cc1ccc(N2CCOCC2)cc1)C(=O)C1=NN(C)C(=O)CC1. The Bertz CT molecular complexity index is 665. The van der Waals surface area contributed by atoms with E-state index in [4.69, 9.17) is 4.74 Å². The number of hydrazone groups is 1. The Morgan fingerprint density at radius 2 is 1.88 bits per heavy atom. The first-order valence-electron chi connectivity index (χ1n) is 8.56. The predicted octanol–water partition coefficient (Wildman–Crippen LogP) is 1.09. The maximum Gasteiger partial charge on any atom is 0.270 e. The van der Waals surface area contributed by atoms with Gasteiger partial charge in [0.15, 0.2) is 0 Å². The summed E-state index contributed by atoms with van der Waals surface area (Å²) in [6.45, 7) is 3.85. The molecule has 0 bridgehead atoms. The van der Waals surface area contributed by atoms with Crippen molar-refractivity contribution in [2.45, 2.75) is 19.4 Å².